The van der Waals surface area contributed by atoms with Gasteiger partial charge in [-0.15, -0.1) is 0 Å². The van der Waals surface area contributed by atoms with Crippen molar-refractivity contribution in [1.82, 2.24) is 0 Å². The first kappa shape index (κ1) is 59.6. The molecule has 0 aliphatic heterocycles. The molecule has 0 unspecified atom stereocenters. The summed E-state index contributed by atoms with van der Waals surface area (Å²) in [6.07, 6.45) is -21.4. The van der Waals surface area contributed by atoms with E-state index in [4.69, 9.17) is 0 Å². The average molecular weight is 935 g/mol. The molecule has 0 saturated heterocycles. The number of halogens is 19. The number of hydrogen-bond acceptors (Lipinski definition) is 12. The average Bonchev–Trinajstić information content (AvgIpc) is 3.01. The summed E-state index contributed by atoms with van der Waals surface area (Å²) in [5, 5.41) is 0. The van der Waals surface area contributed by atoms with E-state index in [1.807, 2.05) is 0 Å². The van der Waals surface area contributed by atoms with Crippen LogP contribution >= 0.6 is 50.5 Å². The molecule has 0 aliphatic carbocycles. The van der Waals surface area contributed by atoms with Gasteiger partial charge < -0.3 is 18.9 Å². The first-order chi connectivity index (χ1) is 24.5. The van der Waals surface area contributed by atoms with Gasteiger partial charge in [0.15, 0.2) is 26.4 Å². The van der Waals surface area contributed by atoms with Crippen LogP contribution in [0.2, 0.25) is 0 Å². The van der Waals surface area contributed by atoms with Crippen molar-refractivity contribution in [3.63, 3.8) is 0 Å². The molecule has 0 fully saturated rings. The molecule has 0 heterocycles. The molecule has 0 rings (SSSR count). The van der Waals surface area contributed by atoms with Crippen LogP contribution in [0.3, 0.4) is 0 Å². The smallest absolute Gasteiger partial charge is 0.459 e. The van der Waals surface area contributed by atoms with Crippen LogP contribution in [0.15, 0.2) is 0 Å². The summed E-state index contributed by atoms with van der Waals surface area (Å²) in [5.41, 5.74) is 0. The van der Waals surface area contributed by atoms with Gasteiger partial charge in [-0.05, 0) is 0 Å². The van der Waals surface area contributed by atoms with Crippen LogP contribution in [-0.4, -0.2) is 122 Å². The van der Waals surface area contributed by atoms with E-state index < -0.39 is 105 Å². The number of alkyl halides is 19. The Kier molecular flexibility index (Phi) is 29.0. The van der Waals surface area contributed by atoms with Crippen molar-refractivity contribution >= 4 is 74.4 Å². The Labute approximate surface area is 319 Å². The Bertz CT molecular complexity index is 1120. The maximum absolute atomic E-state index is 12.5. The van der Waals surface area contributed by atoms with Crippen molar-refractivity contribution in [2.24, 2.45) is 0 Å². The highest BCUT2D eigenvalue weighted by atomic mass is 32.1. The first-order valence-corrected chi connectivity index (χ1v) is 16.1. The Morgan fingerprint density at radius 2 is 0.691 bits per heavy atom. The number of hydrogen-bond donors (Lipinski definition) is 4. The van der Waals surface area contributed by atoms with Gasteiger partial charge in [0.25, 0.3) is 0 Å². The lowest BCUT2D eigenvalue weighted by atomic mass is 10.2. The van der Waals surface area contributed by atoms with Gasteiger partial charge >= 0.3 is 72.5 Å². The van der Waals surface area contributed by atoms with Crippen LogP contribution in [0.25, 0.3) is 0 Å². The minimum atomic E-state index is -6.42. The number of thiol groups is 4. The number of esters is 4. The van der Waals surface area contributed by atoms with Crippen molar-refractivity contribution in [1.29, 1.82) is 0 Å². The summed E-state index contributed by atoms with van der Waals surface area (Å²) in [6, 6.07) is 0. The van der Waals surface area contributed by atoms with Crippen molar-refractivity contribution in [2.45, 2.75) is 74.3 Å². The summed E-state index contributed by atoms with van der Waals surface area (Å²) < 4.78 is 240. The van der Waals surface area contributed by atoms with Crippen molar-refractivity contribution in [2.75, 3.05) is 49.4 Å². The van der Waals surface area contributed by atoms with Gasteiger partial charge in [-0.2, -0.15) is 125 Å². The molecule has 31 heteroatoms. The van der Waals surface area contributed by atoms with Gasteiger partial charge in [-0.25, -0.2) is 8.78 Å². The monoisotopic (exact) mass is 934 g/mol. The molecular weight excluding hydrogens is 905 g/mol. The van der Waals surface area contributed by atoms with E-state index in [9.17, 15) is 103 Å². The standard InChI is InChI=1S/C7H7F7O2S.C6H7F5O2S.C6H8F4O2S.C5H7F3O2S/c8-5(9,3-16-4(15)1-2-17)6(10,11)7(12,13)14;7-5(8,6(9,10)11)3-13-4(12)1-2-14;7-5(8)6(9,10)3-12-4(11)1-2-13;6-5(7,8)3-10-4(9)1-2-11/h17H,1-3H2;14H,1-3H2;5,13H,1-3H2;11H,1-3H2. The van der Waals surface area contributed by atoms with E-state index in [2.05, 4.69) is 69.5 Å². The van der Waals surface area contributed by atoms with E-state index in [-0.39, 0.29) is 42.3 Å². The van der Waals surface area contributed by atoms with E-state index in [1.54, 1.807) is 0 Å². The molecule has 0 radical (unpaired) electrons. The Morgan fingerprint density at radius 3 is 0.927 bits per heavy atom. The molecule has 0 spiro atoms. The lowest BCUT2D eigenvalue weighted by Gasteiger charge is -2.27. The molecule has 0 aliphatic rings. The van der Waals surface area contributed by atoms with Gasteiger partial charge in [0.1, 0.15) is 0 Å². The van der Waals surface area contributed by atoms with E-state index in [0.717, 1.165) is 0 Å². The summed E-state index contributed by atoms with van der Waals surface area (Å²) in [6.45, 7) is -7.42. The fraction of sp³-hybridized carbons (Fsp3) is 0.833. The second kappa shape index (κ2) is 26.8. The second-order valence-electron chi connectivity index (χ2n) is 9.19. The van der Waals surface area contributed by atoms with Crippen molar-refractivity contribution in [3.05, 3.63) is 0 Å². The SMILES string of the molecule is O=C(CCS)OCC(F)(F)C(F)(F)C(F)(F)F.O=C(CCS)OCC(F)(F)C(F)(F)F.O=C(CCS)OCC(F)(F)C(F)F.O=C(CCS)OCC(F)(F)F. The Morgan fingerprint density at radius 1 is 0.418 bits per heavy atom. The van der Waals surface area contributed by atoms with Gasteiger partial charge in [0, 0.05) is 23.0 Å². The number of rotatable bonds is 17. The van der Waals surface area contributed by atoms with E-state index in [0.29, 0.717) is 0 Å². The lowest BCUT2D eigenvalue weighted by Crippen LogP contribution is -2.54. The number of ether oxygens (including phenoxy) is 4. The molecule has 0 bridgehead atoms. The van der Waals surface area contributed by atoms with Crippen LogP contribution in [-0.2, 0) is 38.1 Å². The summed E-state index contributed by atoms with van der Waals surface area (Å²) in [7, 11) is 0. The minimum Gasteiger partial charge on any atom is -0.459 e. The third kappa shape index (κ3) is 28.9. The molecule has 0 aromatic heterocycles. The predicted octanol–water partition coefficient (Wildman–Crippen LogP) is 7.89. The zero-order chi connectivity index (χ0) is 44.7. The van der Waals surface area contributed by atoms with Gasteiger partial charge in [-0.1, -0.05) is 0 Å². The largest absolute Gasteiger partial charge is 0.460 e. The molecular formula is C24H29F19O8S4. The number of carbonyl (C=O) groups excluding carboxylic acids is 4. The molecule has 55 heavy (non-hydrogen) atoms. The van der Waals surface area contributed by atoms with Crippen LogP contribution in [0.1, 0.15) is 25.7 Å². The molecule has 0 amide bonds. The zero-order valence-corrected chi connectivity index (χ0v) is 30.4. The highest BCUT2D eigenvalue weighted by molar-refractivity contribution is 7.80. The summed E-state index contributed by atoms with van der Waals surface area (Å²) in [4.78, 5) is 41.8. The van der Waals surface area contributed by atoms with Gasteiger partial charge in [0.05, 0.1) is 25.7 Å². The minimum absolute atomic E-state index is 0.0242. The molecule has 330 valence electrons. The quantitative estimate of drug-likeness (QED) is 0.0506. The van der Waals surface area contributed by atoms with Crippen molar-refractivity contribution < 1.29 is 122 Å². The number of carbonyl (C=O) groups is 4. The second-order valence-corrected chi connectivity index (χ2v) is 11.0. The molecule has 0 aromatic carbocycles. The van der Waals surface area contributed by atoms with E-state index >= 15 is 0 Å². The van der Waals surface area contributed by atoms with Crippen LogP contribution < -0.4 is 0 Å². The molecule has 0 atom stereocenters. The third-order valence-electron chi connectivity index (χ3n) is 4.46. The topological polar surface area (TPSA) is 105 Å². The molecule has 0 saturated carbocycles. The maximum Gasteiger partial charge on any atom is 0.460 e. The maximum atomic E-state index is 12.5. The summed E-state index contributed by atoms with van der Waals surface area (Å²) >= 11 is 14.4. The van der Waals surface area contributed by atoms with Gasteiger partial charge in [0.2, 0.25) is 0 Å². The van der Waals surface area contributed by atoms with Crippen LogP contribution in [0, 0.1) is 0 Å². The highest BCUT2D eigenvalue weighted by Gasteiger charge is 2.73. The van der Waals surface area contributed by atoms with Crippen LogP contribution in [0.5, 0.6) is 0 Å². The fourth-order valence-corrected chi connectivity index (χ4v) is 2.51. The van der Waals surface area contributed by atoms with Gasteiger partial charge in [-0.3, -0.25) is 19.2 Å². The highest BCUT2D eigenvalue weighted by Crippen LogP contribution is 2.46. The first-order valence-electron chi connectivity index (χ1n) is 13.6. The van der Waals surface area contributed by atoms with Crippen molar-refractivity contribution in [3.8, 4) is 0 Å². The van der Waals surface area contributed by atoms with E-state index in [1.165, 1.54) is 0 Å². The zero-order valence-electron chi connectivity index (χ0n) is 26.8. The Hall–Kier alpha value is -2.05. The molecule has 0 aromatic rings. The third-order valence-corrected chi connectivity index (χ3v) is 5.36. The summed E-state index contributed by atoms with van der Waals surface area (Å²) in [5.74, 6) is -25.1. The van der Waals surface area contributed by atoms with Crippen LogP contribution in [0.4, 0.5) is 83.4 Å². The lowest BCUT2D eigenvalue weighted by molar-refractivity contribution is -0.359. The fourth-order valence-electron chi connectivity index (χ4n) is 1.78. The predicted molar refractivity (Wildman–Crippen MR) is 162 cm³/mol. The normalized spacial score (nSPS) is 12.5. The Balaban J connectivity index is -0.000000319. The molecule has 8 nitrogen and oxygen atoms in total. The molecule has 0 N–H and O–H groups in total.